The van der Waals surface area contributed by atoms with Crippen LogP contribution in [0.3, 0.4) is 0 Å². The molecule has 446 valence electrons. The predicted octanol–water partition coefficient (Wildman–Crippen LogP) is 1.76. The van der Waals surface area contributed by atoms with Gasteiger partial charge in [-0.15, -0.1) is 0 Å². The first kappa shape index (κ1) is 66.9. The number of aliphatic hydroxyl groups excluding tert-OH is 1. The summed E-state index contributed by atoms with van der Waals surface area (Å²) in [6.45, 7) is 5.40. The molecular formula is C60H91N11O10. The number of amides is 7. The summed E-state index contributed by atoms with van der Waals surface area (Å²) in [6.07, 6.45) is 3.26. The molecule has 0 spiro atoms. The van der Waals surface area contributed by atoms with E-state index in [1.54, 1.807) is 30.3 Å². The second-order valence-corrected chi connectivity index (χ2v) is 21.8. The molecule has 1 aliphatic heterocycles. The van der Waals surface area contributed by atoms with Gasteiger partial charge in [-0.2, -0.15) is 0 Å². The zero-order valence-corrected chi connectivity index (χ0v) is 47.7. The van der Waals surface area contributed by atoms with Crippen molar-refractivity contribution in [3.05, 3.63) is 83.9 Å². The summed E-state index contributed by atoms with van der Waals surface area (Å²) in [5.41, 5.74) is 25.3. The molecule has 3 aromatic carbocycles. The molecule has 16 N–H and O–H groups in total. The molecule has 7 amide bonds. The Morgan fingerprint density at radius 1 is 0.593 bits per heavy atom. The Labute approximate surface area is 477 Å². The summed E-state index contributed by atoms with van der Waals surface area (Å²) >= 11 is 0. The molecule has 0 radical (unpaired) electrons. The lowest BCUT2D eigenvalue weighted by Gasteiger charge is -2.28. The largest absolute Gasteiger partial charge is 0.393 e. The van der Waals surface area contributed by atoms with Crippen LogP contribution >= 0.6 is 0 Å². The Balaban J connectivity index is 1.78. The molecule has 1 heterocycles. The van der Waals surface area contributed by atoms with Crippen LogP contribution in [0.15, 0.2) is 72.8 Å². The Morgan fingerprint density at radius 3 is 1.78 bits per heavy atom. The lowest BCUT2D eigenvalue weighted by molar-refractivity contribution is -0.136. The number of hydrogen-bond donors (Lipinski definition) is 12. The first-order chi connectivity index (χ1) is 38.9. The number of rotatable bonds is 26. The minimum atomic E-state index is -1.35. The van der Waals surface area contributed by atoms with Crippen LogP contribution in [0.1, 0.15) is 128 Å². The summed E-state index contributed by atoms with van der Waals surface area (Å²) < 4.78 is 0. The second kappa shape index (κ2) is 35.9. The number of aliphatic hydroxyl groups is 1. The third-order valence-corrected chi connectivity index (χ3v) is 14.6. The quantitative estimate of drug-likeness (QED) is 0.0510. The fourth-order valence-corrected chi connectivity index (χ4v) is 10.0. The maximum absolute atomic E-state index is 14.7. The van der Waals surface area contributed by atoms with Crippen molar-refractivity contribution >= 4 is 63.7 Å². The monoisotopic (exact) mass is 1130 g/mol. The first-order valence-electron chi connectivity index (χ1n) is 29.0. The van der Waals surface area contributed by atoms with Gasteiger partial charge in [0.1, 0.15) is 36.0 Å². The normalized spacial score (nSPS) is 22.1. The van der Waals surface area contributed by atoms with Gasteiger partial charge in [-0.25, -0.2) is 0 Å². The van der Waals surface area contributed by atoms with E-state index in [-0.39, 0.29) is 109 Å². The summed E-state index contributed by atoms with van der Waals surface area (Å²) in [5, 5.41) is 32.0. The molecule has 0 aliphatic carbocycles. The smallest absolute Gasteiger partial charge is 0.243 e. The minimum Gasteiger partial charge on any atom is -0.393 e. The van der Waals surface area contributed by atoms with Crippen LogP contribution < -0.4 is 60.2 Å². The van der Waals surface area contributed by atoms with Gasteiger partial charge in [-0.1, -0.05) is 126 Å². The number of carbonyl (C=O) groups is 9. The molecule has 1 aliphatic rings. The van der Waals surface area contributed by atoms with Gasteiger partial charge >= 0.3 is 0 Å². The van der Waals surface area contributed by atoms with Crippen LogP contribution in [0.4, 0.5) is 0 Å². The van der Waals surface area contributed by atoms with E-state index < -0.39 is 108 Å². The number of nitrogens with one attached hydrogen (secondary N) is 7. The average Bonchev–Trinajstić information content (AvgIpc) is 3.43. The lowest BCUT2D eigenvalue weighted by atomic mass is 9.91. The summed E-state index contributed by atoms with van der Waals surface area (Å²) in [6, 6.07) is 14.3. The molecule has 0 aromatic heterocycles. The summed E-state index contributed by atoms with van der Waals surface area (Å²) in [5.74, 6) is -8.31. The Hall–Kier alpha value is -6.65. The van der Waals surface area contributed by atoms with Crippen molar-refractivity contribution < 1.29 is 48.3 Å². The fraction of sp³-hybridized carbons (Fsp3) is 0.583. The van der Waals surface area contributed by atoms with Crippen molar-refractivity contribution in [1.82, 2.24) is 37.2 Å². The van der Waals surface area contributed by atoms with Crippen LogP contribution in [-0.4, -0.2) is 133 Å². The van der Waals surface area contributed by atoms with Gasteiger partial charge in [0.2, 0.25) is 41.4 Å². The van der Waals surface area contributed by atoms with Crippen molar-refractivity contribution in [2.75, 3.05) is 32.7 Å². The number of Topliss-reactive ketones (excluding diaryl/α,β-unsaturated/α-hetero) is 2. The molecule has 4 rings (SSSR count). The van der Waals surface area contributed by atoms with Crippen molar-refractivity contribution in [3.8, 4) is 0 Å². The van der Waals surface area contributed by atoms with Crippen molar-refractivity contribution in [2.45, 2.75) is 172 Å². The van der Waals surface area contributed by atoms with E-state index in [9.17, 15) is 48.3 Å². The highest BCUT2D eigenvalue weighted by atomic mass is 16.3. The van der Waals surface area contributed by atoms with Crippen molar-refractivity contribution in [3.63, 3.8) is 0 Å². The third-order valence-electron chi connectivity index (χ3n) is 14.6. The Morgan fingerprint density at radius 2 is 1.15 bits per heavy atom. The Bertz CT molecular complexity index is 2510. The molecule has 21 nitrogen and oxygen atoms in total. The maximum atomic E-state index is 14.7. The van der Waals surface area contributed by atoms with E-state index in [2.05, 4.69) is 44.1 Å². The molecular weight excluding hydrogens is 1030 g/mol. The van der Waals surface area contributed by atoms with Crippen molar-refractivity contribution in [2.24, 2.45) is 40.7 Å². The van der Waals surface area contributed by atoms with Gasteiger partial charge in [-0.3, -0.25) is 43.2 Å². The van der Waals surface area contributed by atoms with Gasteiger partial charge in [0.25, 0.3) is 0 Å². The van der Waals surface area contributed by atoms with E-state index >= 15 is 0 Å². The highest BCUT2D eigenvalue weighted by Crippen LogP contribution is 2.20. The van der Waals surface area contributed by atoms with Crippen molar-refractivity contribution in [1.29, 1.82) is 0 Å². The lowest BCUT2D eigenvalue weighted by Crippen LogP contribution is -2.60. The SMILES string of the molecule is CCCCCCC[C@@H](O)CC(=O)C[C@H](CCN)C(=O)N[C@H]1CCNC(=O)[C@H](Cc2ccc3ccccc3c2)NC(=O)[C@H](CCN)NC(=O)[C@H](CCN)NC(=O)[C@H](CC(C)C)NC(=O)[C@@H](Cc2ccccc2)NC(=O)[C@H](CCN)CC1=O. The number of hydrogen-bond acceptors (Lipinski definition) is 14. The molecule has 1 fully saturated rings. The molecule has 9 atom stereocenters. The van der Waals surface area contributed by atoms with Gasteiger partial charge in [0.15, 0.2) is 5.78 Å². The second-order valence-electron chi connectivity index (χ2n) is 21.8. The zero-order valence-electron chi connectivity index (χ0n) is 47.7. The highest BCUT2D eigenvalue weighted by molar-refractivity contribution is 5.98. The Kier molecular flexibility index (Phi) is 29.7. The number of unbranched alkanes of at least 4 members (excludes halogenated alkanes) is 4. The van der Waals surface area contributed by atoms with Crippen LogP contribution in [0.5, 0.6) is 0 Å². The van der Waals surface area contributed by atoms with E-state index in [1.807, 2.05) is 56.3 Å². The number of benzene rings is 3. The maximum Gasteiger partial charge on any atom is 0.243 e. The van der Waals surface area contributed by atoms with E-state index in [0.29, 0.717) is 17.5 Å². The summed E-state index contributed by atoms with van der Waals surface area (Å²) in [7, 11) is 0. The fourth-order valence-electron chi connectivity index (χ4n) is 10.0. The standard InChI is InChI=1S/C60H91N11O10/c1-4-5-6-7-11-18-45(72)37-46(73)35-43(21-26-61)54(75)66-47-25-30-65-56(77)51(34-40-19-20-41-16-12-13-17-42(41)32-40)71-58(79)49(24-29-64)67-57(78)48(23-28-63)68-59(80)50(31-38(2)3)70-60(81)52(33-39-14-9-8-10-15-39)69-55(76)44(22-27-62)36-53(47)74/h8-10,12-17,19-20,32,38,43-45,47-52,72H,4-7,11,18,21-31,33-37,61-64H2,1-3H3,(H,65,77)(H,66,75)(H,67,78)(H,68,80)(H,69,76)(H,70,81)(H,71,79)/t43-,44+,45+,47-,48-,49-,50-,51-,52+/m0/s1. The topological polar surface area (TPSA) is 362 Å². The molecule has 0 bridgehead atoms. The van der Waals surface area contributed by atoms with Gasteiger partial charge < -0.3 is 65.3 Å². The number of nitrogens with two attached hydrogens (primary N) is 4. The number of carbonyl (C=O) groups excluding carboxylic acids is 9. The number of ketones is 2. The molecule has 81 heavy (non-hydrogen) atoms. The van der Waals surface area contributed by atoms with E-state index in [0.717, 1.165) is 42.9 Å². The van der Waals surface area contributed by atoms with Gasteiger partial charge in [-0.05, 0) is 98.9 Å². The molecule has 0 unspecified atom stereocenters. The highest BCUT2D eigenvalue weighted by Gasteiger charge is 2.36. The molecule has 21 heteroatoms. The summed E-state index contributed by atoms with van der Waals surface area (Å²) in [4.78, 5) is 129. The van der Waals surface area contributed by atoms with E-state index in [4.69, 9.17) is 22.9 Å². The van der Waals surface area contributed by atoms with Crippen LogP contribution in [-0.2, 0) is 56.0 Å². The van der Waals surface area contributed by atoms with Gasteiger partial charge in [0.05, 0.1) is 12.1 Å². The van der Waals surface area contributed by atoms with Crippen LogP contribution in [0, 0.1) is 17.8 Å². The van der Waals surface area contributed by atoms with E-state index in [1.165, 1.54) is 0 Å². The zero-order chi connectivity index (χ0) is 59.3. The molecule has 0 saturated carbocycles. The minimum absolute atomic E-state index is 0.0216. The van der Waals surface area contributed by atoms with Gasteiger partial charge in [0, 0.05) is 50.5 Å². The third kappa shape index (κ3) is 23.4. The predicted molar refractivity (Wildman–Crippen MR) is 311 cm³/mol. The first-order valence-corrected chi connectivity index (χ1v) is 29.0. The number of fused-ring (bicyclic) bond motifs is 1. The molecule has 3 aromatic rings. The molecule has 1 saturated heterocycles. The van der Waals surface area contributed by atoms with Crippen LogP contribution in [0.25, 0.3) is 10.8 Å². The van der Waals surface area contributed by atoms with Crippen LogP contribution in [0.2, 0.25) is 0 Å². The average molecular weight is 1130 g/mol.